The molecule has 0 bridgehead atoms. The van der Waals surface area contributed by atoms with Gasteiger partial charge in [0.15, 0.2) is 0 Å². The summed E-state index contributed by atoms with van der Waals surface area (Å²) in [5.41, 5.74) is 0.349. The van der Waals surface area contributed by atoms with E-state index in [0.717, 1.165) is 0 Å². The fourth-order valence-corrected chi connectivity index (χ4v) is 1.70. The van der Waals surface area contributed by atoms with Gasteiger partial charge in [-0.2, -0.15) is 0 Å². The minimum atomic E-state index is -1.15. The van der Waals surface area contributed by atoms with Crippen LogP contribution in [0.25, 0.3) is 0 Å². The summed E-state index contributed by atoms with van der Waals surface area (Å²) in [6, 6.07) is 4.42. The van der Waals surface area contributed by atoms with E-state index in [-0.39, 0.29) is 13.1 Å². The molecule has 16 heavy (non-hydrogen) atoms. The van der Waals surface area contributed by atoms with E-state index in [1.807, 2.05) is 6.92 Å². The Morgan fingerprint density at radius 2 is 2.25 bits per heavy atom. The Hall–Kier alpha value is -1.13. The number of halogens is 2. The summed E-state index contributed by atoms with van der Waals surface area (Å²) in [5.74, 6) is -1.55. The number of rotatable bonds is 5. The van der Waals surface area contributed by atoms with Gasteiger partial charge in [0.2, 0.25) is 0 Å². The molecule has 0 fully saturated rings. The predicted molar refractivity (Wildman–Crippen MR) is 56.5 cm³/mol. The SMILES string of the molecule is CC[NH+](CC(=O)[O-])Cc1c(F)cccc1Cl. The van der Waals surface area contributed by atoms with Crippen molar-refractivity contribution in [2.45, 2.75) is 13.5 Å². The molecule has 1 aromatic rings. The third-order valence-corrected chi connectivity index (χ3v) is 2.74. The van der Waals surface area contributed by atoms with Crippen molar-refractivity contribution in [2.24, 2.45) is 0 Å². The van der Waals surface area contributed by atoms with Crippen LogP contribution in [0.5, 0.6) is 0 Å². The number of aliphatic carboxylic acids is 1. The second-order valence-electron chi connectivity index (χ2n) is 3.53. The lowest BCUT2D eigenvalue weighted by Crippen LogP contribution is -3.11. The Labute approximate surface area is 98.4 Å². The number of likely N-dealkylation sites (N-methyl/N-ethyl adjacent to an activating group) is 1. The average molecular weight is 246 g/mol. The zero-order valence-electron chi connectivity index (χ0n) is 8.93. The van der Waals surface area contributed by atoms with Crippen molar-refractivity contribution in [1.82, 2.24) is 0 Å². The number of nitrogens with one attached hydrogen (secondary N) is 1. The van der Waals surface area contributed by atoms with E-state index < -0.39 is 11.8 Å². The Morgan fingerprint density at radius 1 is 1.56 bits per heavy atom. The summed E-state index contributed by atoms with van der Waals surface area (Å²) in [6.45, 7) is 2.49. The van der Waals surface area contributed by atoms with E-state index in [9.17, 15) is 14.3 Å². The highest BCUT2D eigenvalue weighted by Crippen LogP contribution is 2.17. The van der Waals surface area contributed by atoms with Gasteiger partial charge >= 0.3 is 0 Å². The monoisotopic (exact) mass is 245 g/mol. The molecule has 0 radical (unpaired) electrons. The second kappa shape index (κ2) is 5.82. The molecule has 0 aromatic heterocycles. The van der Waals surface area contributed by atoms with Gasteiger partial charge in [-0.25, -0.2) is 4.39 Å². The van der Waals surface area contributed by atoms with Gasteiger partial charge in [0.25, 0.3) is 0 Å². The van der Waals surface area contributed by atoms with Crippen LogP contribution in [-0.4, -0.2) is 19.1 Å². The summed E-state index contributed by atoms with van der Waals surface area (Å²) >= 11 is 5.85. The molecule has 0 amide bonds. The summed E-state index contributed by atoms with van der Waals surface area (Å²) in [4.78, 5) is 11.2. The van der Waals surface area contributed by atoms with Crippen LogP contribution in [0.2, 0.25) is 5.02 Å². The highest BCUT2D eigenvalue weighted by atomic mass is 35.5. The molecule has 3 nitrogen and oxygen atoms in total. The Balaban J connectivity index is 2.81. The van der Waals surface area contributed by atoms with Crippen LogP contribution in [0.4, 0.5) is 4.39 Å². The molecule has 5 heteroatoms. The van der Waals surface area contributed by atoms with Gasteiger partial charge < -0.3 is 14.8 Å². The normalized spacial score (nSPS) is 12.4. The maximum atomic E-state index is 13.4. The summed E-state index contributed by atoms with van der Waals surface area (Å²) in [6.07, 6.45) is 0. The number of carbonyl (C=O) groups is 1. The maximum Gasteiger partial charge on any atom is 0.133 e. The van der Waals surface area contributed by atoms with Crippen LogP contribution >= 0.6 is 11.6 Å². The lowest BCUT2D eigenvalue weighted by Gasteiger charge is -2.18. The van der Waals surface area contributed by atoms with E-state index in [4.69, 9.17) is 11.6 Å². The third kappa shape index (κ3) is 3.47. The summed E-state index contributed by atoms with van der Waals surface area (Å²) < 4.78 is 13.4. The lowest BCUT2D eigenvalue weighted by molar-refractivity contribution is -0.906. The molecule has 0 heterocycles. The van der Waals surface area contributed by atoms with E-state index in [1.165, 1.54) is 12.1 Å². The van der Waals surface area contributed by atoms with Crippen LogP contribution in [0.3, 0.4) is 0 Å². The molecule has 0 aliphatic rings. The van der Waals surface area contributed by atoms with Crippen molar-refractivity contribution >= 4 is 17.6 Å². The van der Waals surface area contributed by atoms with Gasteiger partial charge in [0, 0.05) is 0 Å². The van der Waals surface area contributed by atoms with E-state index in [0.29, 0.717) is 22.0 Å². The Kier molecular flexibility index (Phi) is 4.71. The number of hydrogen-bond acceptors (Lipinski definition) is 2. The van der Waals surface area contributed by atoms with Crippen molar-refractivity contribution in [3.8, 4) is 0 Å². The average Bonchev–Trinajstić information content (AvgIpc) is 2.21. The molecular weight excluding hydrogens is 233 g/mol. The van der Waals surface area contributed by atoms with Gasteiger partial charge in [-0.05, 0) is 19.1 Å². The first kappa shape index (κ1) is 12.9. The van der Waals surface area contributed by atoms with Crippen molar-refractivity contribution in [1.29, 1.82) is 0 Å². The first-order chi connectivity index (χ1) is 7.54. The first-order valence-corrected chi connectivity index (χ1v) is 5.38. The minimum Gasteiger partial charge on any atom is -0.544 e. The van der Waals surface area contributed by atoms with Gasteiger partial charge in [0.1, 0.15) is 18.9 Å². The van der Waals surface area contributed by atoms with Crippen molar-refractivity contribution < 1.29 is 19.2 Å². The van der Waals surface area contributed by atoms with Crippen LogP contribution in [0.15, 0.2) is 18.2 Å². The van der Waals surface area contributed by atoms with Gasteiger partial charge in [-0.15, -0.1) is 0 Å². The van der Waals surface area contributed by atoms with E-state index >= 15 is 0 Å². The van der Waals surface area contributed by atoms with Crippen LogP contribution in [0, 0.1) is 5.82 Å². The highest BCUT2D eigenvalue weighted by molar-refractivity contribution is 6.31. The number of carbonyl (C=O) groups excluding carboxylic acids is 1. The van der Waals surface area contributed by atoms with Gasteiger partial charge in [0.05, 0.1) is 23.1 Å². The molecule has 0 spiro atoms. The number of benzene rings is 1. The van der Waals surface area contributed by atoms with Gasteiger partial charge in [-0.1, -0.05) is 17.7 Å². The molecule has 1 atom stereocenters. The minimum absolute atomic E-state index is 0.152. The zero-order valence-corrected chi connectivity index (χ0v) is 9.68. The molecule has 1 aromatic carbocycles. The first-order valence-electron chi connectivity index (χ1n) is 5.01. The lowest BCUT2D eigenvalue weighted by atomic mass is 10.2. The number of carboxylic acids is 1. The quantitative estimate of drug-likeness (QED) is 0.770. The molecule has 0 saturated heterocycles. The fraction of sp³-hybridized carbons (Fsp3) is 0.364. The second-order valence-corrected chi connectivity index (χ2v) is 3.94. The molecule has 0 aliphatic heterocycles. The van der Waals surface area contributed by atoms with Crippen molar-refractivity contribution in [2.75, 3.05) is 13.1 Å². The topological polar surface area (TPSA) is 44.6 Å². The summed E-state index contributed by atoms with van der Waals surface area (Å²) in [5, 5.41) is 10.8. The molecular formula is C11H13ClFNO2. The fourth-order valence-electron chi connectivity index (χ4n) is 1.47. The maximum absolute atomic E-state index is 13.4. The molecule has 0 aliphatic carbocycles. The van der Waals surface area contributed by atoms with Crippen LogP contribution < -0.4 is 10.0 Å². The zero-order chi connectivity index (χ0) is 12.1. The van der Waals surface area contributed by atoms with Gasteiger partial charge in [-0.3, -0.25) is 0 Å². The molecule has 1 unspecified atom stereocenters. The standard InChI is InChI=1S/C11H13ClFNO2/c1-2-14(7-11(15)16)6-8-9(12)4-3-5-10(8)13/h3-5H,2,6-7H2,1H3,(H,15,16). The molecule has 88 valence electrons. The molecule has 1 rings (SSSR count). The number of hydrogen-bond donors (Lipinski definition) is 1. The molecule has 1 N–H and O–H groups in total. The van der Waals surface area contributed by atoms with Crippen molar-refractivity contribution in [3.63, 3.8) is 0 Å². The van der Waals surface area contributed by atoms with Crippen molar-refractivity contribution in [3.05, 3.63) is 34.6 Å². The summed E-state index contributed by atoms with van der Waals surface area (Å²) in [7, 11) is 0. The molecule has 0 saturated carbocycles. The number of quaternary nitrogens is 1. The number of carboxylic acid groups (broad SMARTS) is 1. The largest absolute Gasteiger partial charge is 0.544 e. The van der Waals surface area contributed by atoms with E-state index in [2.05, 4.69) is 0 Å². The van der Waals surface area contributed by atoms with Crippen LogP contribution in [0.1, 0.15) is 12.5 Å². The smallest absolute Gasteiger partial charge is 0.133 e. The van der Waals surface area contributed by atoms with Crippen LogP contribution in [-0.2, 0) is 11.3 Å². The Morgan fingerprint density at radius 3 is 2.75 bits per heavy atom. The van der Waals surface area contributed by atoms with E-state index in [1.54, 1.807) is 6.07 Å². The third-order valence-electron chi connectivity index (χ3n) is 2.38. The Bertz CT molecular complexity index is 364. The highest BCUT2D eigenvalue weighted by Gasteiger charge is 2.14. The predicted octanol–water partition coefficient (Wildman–Crippen LogP) is -0.366.